The second-order valence-electron chi connectivity index (χ2n) is 16.0. The number of hydrogen-bond acceptors (Lipinski definition) is 1. The van der Waals surface area contributed by atoms with Crippen molar-refractivity contribution in [3.63, 3.8) is 0 Å². The zero-order valence-corrected chi connectivity index (χ0v) is 29.1. The van der Waals surface area contributed by atoms with Crippen LogP contribution in [-0.4, -0.2) is 0 Å². The first-order chi connectivity index (χ1) is 25.8. The van der Waals surface area contributed by atoms with Crippen molar-refractivity contribution in [3.8, 4) is 44.5 Å². The van der Waals surface area contributed by atoms with Gasteiger partial charge in [0.05, 0.1) is 5.69 Å². The van der Waals surface area contributed by atoms with Gasteiger partial charge in [-0.2, -0.15) is 0 Å². The largest absolute Gasteiger partial charge is 0.310 e. The number of para-hydroxylation sites is 1. The van der Waals surface area contributed by atoms with Crippen LogP contribution in [0, 0.1) is 29.1 Å². The van der Waals surface area contributed by atoms with Gasteiger partial charge >= 0.3 is 0 Å². The number of benzene rings is 7. The van der Waals surface area contributed by atoms with E-state index in [4.69, 9.17) is 0 Å². The second kappa shape index (κ2) is 10.5. The molecule has 4 saturated carbocycles. The molecule has 1 nitrogen and oxygen atoms in total. The van der Waals surface area contributed by atoms with E-state index in [1.807, 2.05) is 0 Å². The first kappa shape index (κ1) is 29.0. The number of hydrogen-bond donors (Lipinski definition) is 0. The van der Waals surface area contributed by atoms with Crippen LogP contribution in [0.4, 0.5) is 17.1 Å². The molecular formula is C51H39N. The Bertz CT molecular complexity index is 2410. The molecule has 4 atom stereocenters. The minimum absolute atomic E-state index is 0.199. The van der Waals surface area contributed by atoms with Gasteiger partial charge in [0.2, 0.25) is 0 Å². The molecule has 4 fully saturated rings. The van der Waals surface area contributed by atoms with E-state index in [1.54, 1.807) is 11.1 Å². The summed E-state index contributed by atoms with van der Waals surface area (Å²) in [6.07, 6.45) is 4.35. The van der Waals surface area contributed by atoms with Crippen LogP contribution < -0.4 is 4.90 Å². The fourth-order valence-corrected chi connectivity index (χ4v) is 12.4. The summed E-state index contributed by atoms with van der Waals surface area (Å²) in [5, 5.41) is 0. The Balaban J connectivity index is 1.03. The van der Waals surface area contributed by atoms with E-state index < -0.39 is 0 Å². The van der Waals surface area contributed by atoms with Crippen molar-refractivity contribution >= 4 is 17.1 Å². The number of anilines is 3. The molecule has 0 aromatic heterocycles. The van der Waals surface area contributed by atoms with E-state index in [0.29, 0.717) is 5.41 Å². The maximum absolute atomic E-state index is 2.51. The van der Waals surface area contributed by atoms with Gasteiger partial charge in [0, 0.05) is 22.4 Å². The number of rotatable bonds is 6. The summed E-state index contributed by atoms with van der Waals surface area (Å²) in [5.41, 5.74) is 18.1. The fourth-order valence-electron chi connectivity index (χ4n) is 12.4. The highest BCUT2D eigenvalue weighted by atomic mass is 15.1. The van der Waals surface area contributed by atoms with Gasteiger partial charge < -0.3 is 4.90 Å². The molecule has 7 aromatic rings. The summed E-state index contributed by atoms with van der Waals surface area (Å²) in [4.78, 5) is 2.47. The molecule has 0 saturated heterocycles. The van der Waals surface area contributed by atoms with Gasteiger partial charge in [0.1, 0.15) is 0 Å². The normalized spacial score (nSPS) is 26.4. The fraction of sp³-hybridized carbons (Fsp3) is 0.176. The molecule has 5 aliphatic rings. The summed E-state index contributed by atoms with van der Waals surface area (Å²) in [7, 11) is 0. The standard InChI is InChI=1S/C51H39N/c1-3-12-33(13-4-1)35-22-26-39(27-23-35)52(40-28-24-36(25-29-40)34-14-5-2-6-15-34)46-21-10-8-16-41(46)42-18-11-20-45-49(42)43-17-7-9-19-44(43)51(45)47-31-37-30-38-32-48(51)50(37,38)47/h1-29,37-38,47-48H,30-32H2. The Kier molecular flexibility index (Phi) is 5.82. The van der Waals surface area contributed by atoms with Crippen LogP contribution in [0.5, 0.6) is 0 Å². The van der Waals surface area contributed by atoms with Crippen molar-refractivity contribution in [3.05, 3.63) is 187 Å². The van der Waals surface area contributed by atoms with Crippen molar-refractivity contribution in [2.24, 2.45) is 29.1 Å². The molecule has 0 bridgehead atoms. The molecule has 52 heavy (non-hydrogen) atoms. The van der Waals surface area contributed by atoms with Crippen molar-refractivity contribution < 1.29 is 0 Å². The smallest absolute Gasteiger partial charge is 0.0540 e. The van der Waals surface area contributed by atoms with Gasteiger partial charge in [-0.05, 0) is 129 Å². The average molecular weight is 666 g/mol. The maximum Gasteiger partial charge on any atom is 0.0540 e. The lowest BCUT2D eigenvalue weighted by atomic mass is 9.11. The summed E-state index contributed by atoms with van der Waals surface area (Å²) >= 11 is 0. The highest BCUT2D eigenvalue weighted by Gasteiger charge is 2.90. The molecule has 7 aromatic carbocycles. The highest BCUT2D eigenvalue weighted by molar-refractivity contribution is 5.99. The van der Waals surface area contributed by atoms with E-state index >= 15 is 0 Å². The predicted octanol–water partition coefficient (Wildman–Crippen LogP) is 13.1. The zero-order chi connectivity index (χ0) is 34.0. The predicted molar refractivity (Wildman–Crippen MR) is 214 cm³/mol. The molecule has 0 radical (unpaired) electrons. The molecule has 2 spiro atoms. The lowest BCUT2D eigenvalue weighted by Gasteiger charge is -2.92. The monoisotopic (exact) mass is 665 g/mol. The van der Waals surface area contributed by atoms with E-state index in [2.05, 4.69) is 181 Å². The Labute approximate surface area is 306 Å². The molecule has 0 N–H and O–H groups in total. The third-order valence-electron chi connectivity index (χ3n) is 14.4. The Hall–Kier alpha value is -5.66. The lowest BCUT2D eigenvalue weighted by Crippen LogP contribution is -2.88. The van der Waals surface area contributed by atoms with Gasteiger partial charge in [-0.1, -0.05) is 146 Å². The summed E-state index contributed by atoms with van der Waals surface area (Å²) in [5.74, 6) is 3.64. The minimum atomic E-state index is 0.199. The van der Waals surface area contributed by atoms with Gasteiger partial charge in [-0.15, -0.1) is 0 Å². The quantitative estimate of drug-likeness (QED) is 0.171. The van der Waals surface area contributed by atoms with E-state index in [-0.39, 0.29) is 5.41 Å². The summed E-state index contributed by atoms with van der Waals surface area (Å²) < 4.78 is 0. The number of nitrogens with zero attached hydrogens (tertiary/aromatic N) is 1. The molecule has 1 heteroatoms. The maximum atomic E-state index is 2.51. The summed E-state index contributed by atoms with van der Waals surface area (Å²) in [6, 6.07) is 65.5. The second-order valence-corrected chi connectivity index (χ2v) is 16.0. The highest BCUT2D eigenvalue weighted by Crippen LogP contribution is 2.95. The Morgan fingerprint density at radius 2 is 0.865 bits per heavy atom. The van der Waals surface area contributed by atoms with Crippen molar-refractivity contribution in [2.45, 2.75) is 24.7 Å². The Morgan fingerprint density at radius 1 is 0.385 bits per heavy atom. The lowest BCUT2D eigenvalue weighted by molar-refractivity contribution is -0.412. The third kappa shape index (κ3) is 3.50. The van der Waals surface area contributed by atoms with Crippen LogP contribution >= 0.6 is 0 Å². The van der Waals surface area contributed by atoms with Gasteiger partial charge in [0.15, 0.2) is 0 Å². The average Bonchev–Trinajstić information content (AvgIpc) is 3.49. The van der Waals surface area contributed by atoms with Gasteiger partial charge in [-0.25, -0.2) is 0 Å². The van der Waals surface area contributed by atoms with Crippen LogP contribution in [-0.2, 0) is 5.41 Å². The SMILES string of the molecule is c1ccc(-c2ccc(N(c3ccc(-c4ccccc4)cc3)c3ccccc3-c3cccc4c3-c3ccccc3C43C4CC5CC6CC3C564)cc2)cc1. The molecule has 248 valence electrons. The minimum Gasteiger partial charge on any atom is -0.310 e. The van der Waals surface area contributed by atoms with Gasteiger partial charge in [0.25, 0.3) is 0 Å². The molecule has 0 aliphatic heterocycles. The molecular weight excluding hydrogens is 627 g/mol. The molecule has 5 aliphatic carbocycles. The van der Waals surface area contributed by atoms with Crippen LogP contribution in [0.1, 0.15) is 30.4 Å². The number of fused-ring (bicyclic) bond motifs is 7. The van der Waals surface area contributed by atoms with E-state index in [1.165, 1.54) is 69.5 Å². The van der Waals surface area contributed by atoms with Crippen molar-refractivity contribution in [1.29, 1.82) is 0 Å². The zero-order valence-electron chi connectivity index (χ0n) is 29.1. The first-order valence-corrected chi connectivity index (χ1v) is 19.2. The molecule has 0 heterocycles. The molecule has 0 amide bonds. The van der Waals surface area contributed by atoms with E-state index in [9.17, 15) is 0 Å². The van der Waals surface area contributed by atoms with Crippen LogP contribution in [0.15, 0.2) is 176 Å². The van der Waals surface area contributed by atoms with Crippen molar-refractivity contribution in [1.82, 2.24) is 0 Å². The first-order valence-electron chi connectivity index (χ1n) is 19.2. The Morgan fingerprint density at radius 3 is 1.46 bits per heavy atom. The van der Waals surface area contributed by atoms with Crippen LogP contribution in [0.3, 0.4) is 0 Å². The van der Waals surface area contributed by atoms with Crippen LogP contribution in [0.25, 0.3) is 44.5 Å². The van der Waals surface area contributed by atoms with E-state index in [0.717, 1.165) is 35.0 Å². The van der Waals surface area contributed by atoms with Crippen LogP contribution in [0.2, 0.25) is 0 Å². The third-order valence-corrected chi connectivity index (χ3v) is 14.4. The summed E-state index contributed by atoms with van der Waals surface area (Å²) in [6.45, 7) is 0. The molecule has 12 rings (SSSR count). The van der Waals surface area contributed by atoms with Gasteiger partial charge in [-0.3, -0.25) is 0 Å². The topological polar surface area (TPSA) is 3.24 Å². The molecule has 4 unspecified atom stereocenters. The van der Waals surface area contributed by atoms with Crippen molar-refractivity contribution in [2.75, 3.05) is 4.90 Å².